The molecule has 1 saturated carbocycles. The summed E-state index contributed by atoms with van der Waals surface area (Å²) in [5.41, 5.74) is -0.247. The summed E-state index contributed by atoms with van der Waals surface area (Å²) in [4.78, 5) is 16.7. The van der Waals surface area contributed by atoms with Gasteiger partial charge in [0.05, 0.1) is 0 Å². The lowest BCUT2D eigenvalue weighted by molar-refractivity contribution is -0.138. The third-order valence-corrected chi connectivity index (χ3v) is 4.23. The molecule has 0 spiro atoms. The molecule has 0 aromatic heterocycles. The molecular formula is C15H28N2O. The minimum Gasteiger partial charge on any atom is -0.345 e. The molecule has 0 bridgehead atoms. The molecule has 104 valence electrons. The van der Waals surface area contributed by atoms with E-state index in [0.717, 1.165) is 12.6 Å². The predicted octanol–water partition coefficient (Wildman–Crippen LogP) is 2.37. The number of piperidine rings is 1. The van der Waals surface area contributed by atoms with Crippen molar-refractivity contribution in [1.29, 1.82) is 0 Å². The summed E-state index contributed by atoms with van der Waals surface area (Å²) in [6.07, 6.45) is 5.34. The van der Waals surface area contributed by atoms with Crippen LogP contribution in [0.3, 0.4) is 0 Å². The molecule has 0 aromatic carbocycles. The van der Waals surface area contributed by atoms with Gasteiger partial charge >= 0.3 is 0 Å². The van der Waals surface area contributed by atoms with Crippen LogP contribution in [0.5, 0.6) is 0 Å². The van der Waals surface area contributed by atoms with Crippen LogP contribution in [0.1, 0.15) is 46.5 Å². The average Bonchev–Trinajstić information content (AvgIpc) is 3.11. The van der Waals surface area contributed by atoms with Gasteiger partial charge in [-0.25, -0.2) is 0 Å². The minimum absolute atomic E-state index is 0.247. The summed E-state index contributed by atoms with van der Waals surface area (Å²) >= 11 is 0. The zero-order valence-electron chi connectivity index (χ0n) is 12.4. The first-order chi connectivity index (χ1) is 8.38. The van der Waals surface area contributed by atoms with Gasteiger partial charge in [-0.1, -0.05) is 20.8 Å². The van der Waals surface area contributed by atoms with Gasteiger partial charge in [0.2, 0.25) is 5.91 Å². The summed E-state index contributed by atoms with van der Waals surface area (Å²) < 4.78 is 0. The maximum Gasteiger partial charge on any atom is 0.227 e. The number of hydrogen-bond donors (Lipinski definition) is 0. The fraction of sp³-hybridized carbons (Fsp3) is 0.933. The Morgan fingerprint density at radius 1 is 1.17 bits per heavy atom. The quantitative estimate of drug-likeness (QED) is 0.770. The Kier molecular flexibility index (Phi) is 4.00. The van der Waals surface area contributed by atoms with E-state index in [4.69, 9.17) is 0 Å². The lowest BCUT2D eigenvalue weighted by Gasteiger charge is -2.35. The van der Waals surface area contributed by atoms with Crippen LogP contribution in [0.4, 0.5) is 0 Å². The molecule has 2 rings (SSSR count). The van der Waals surface area contributed by atoms with E-state index < -0.39 is 0 Å². The first kappa shape index (κ1) is 13.9. The maximum atomic E-state index is 12.1. The van der Waals surface area contributed by atoms with Gasteiger partial charge < -0.3 is 9.80 Å². The van der Waals surface area contributed by atoms with Crippen molar-refractivity contribution in [3.05, 3.63) is 0 Å². The van der Waals surface area contributed by atoms with Crippen LogP contribution in [0, 0.1) is 11.3 Å². The van der Waals surface area contributed by atoms with Crippen molar-refractivity contribution in [2.45, 2.75) is 52.5 Å². The zero-order valence-corrected chi connectivity index (χ0v) is 12.4. The highest BCUT2D eigenvalue weighted by Crippen LogP contribution is 2.31. The predicted molar refractivity (Wildman–Crippen MR) is 74.4 cm³/mol. The van der Waals surface area contributed by atoms with Crippen molar-refractivity contribution in [3.8, 4) is 0 Å². The molecule has 2 fully saturated rings. The Morgan fingerprint density at radius 2 is 1.72 bits per heavy atom. The van der Waals surface area contributed by atoms with Crippen molar-refractivity contribution in [2.24, 2.45) is 11.3 Å². The van der Waals surface area contributed by atoms with Crippen molar-refractivity contribution in [3.63, 3.8) is 0 Å². The van der Waals surface area contributed by atoms with E-state index in [1.807, 2.05) is 32.7 Å². The monoisotopic (exact) mass is 252 g/mol. The van der Waals surface area contributed by atoms with Crippen molar-refractivity contribution in [2.75, 3.05) is 26.7 Å². The van der Waals surface area contributed by atoms with Crippen LogP contribution in [-0.2, 0) is 4.79 Å². The zero-order chi connectivity index (χ0) is 13.3. The minimum atomic E-state index is -0.247. The van der Waals surface area contributed by atoms with Crippen molar-refractivity contribution in [1.82, 2.24) is 9.80 Å². The number of rotatable bonds is 3. The van der Waals surface area contributed by atoms with Crippen LogP contribution in [0.15, 0.2) is 0 Å². The average molecular weight is 252 g/mol. The molecule has 3 heteroatoms. The molecule has 2 aliphatic rings. The lowest BCUT2D eigenvalue weighted by atomic mass is 9.92. The Bertz CT molecular complexity index is 296. The molecule has 0 radical (unpaired) electrons. The number of nitrogens with zero attached hydrogens (tertiary/aromatic N) is 2. The number of hydrogen-bond acceptors (Lipinski definition) is 2. The Balaban J connectivity index is 1.75. The van der Waals surface area contributed by atoms with Gasteiger partial charge in [-0.3, -0.25) is 4.79 Å². The highest BCUT2D eigenvalue weighted by Gasteiger charge is 2.33. The van der Waals surface area contributed by atoms with E-state index in [1.165, 1.54) is 38.8 Å². The Labute approximate surface area is 112 Å². The topological polar surface area (TPSA) is 23.6 Å². The number of carbonyl (C=O) groups excluding carboxylic acids is 1. The van der Waals surface area contributed by atoms with E-state index >= 15 is 0 Å². The summed E-state index contributed by atoms with van der Waals surface area (Å²) in [7, 11) is 1.96. The summed E-state index contributed by atoms with van der Waals surface area (Å²) in [5, 5.41) is 0. The van der Waals surface area contributed by atoms with Gasteiger partial charge in [-0.2, -0.15) is 0 Å². The SMILES string of the molecule is CN(CC1CCN(C2CC2)CC1)C(=O)C(C)(C)C. The highest BCUT2D eigenvalue weighted by atomic mass is 16.2. The van der Waals surface area contributed by atoms with Crippen molar-refractivity contribution >= 4 is 5.91 Å². The molecule has 1 aliphatic carbocycles. The lowest BCUT2D eigenvalue weighted by Crippen LogP contribution is -2.43. The van der Waals surface area contributed by atoms with Gasteiger partial charge in [0.15, 0.2) is 0 Å². The molecule has 0 N–H and O–H groups in total. The van der Waals surface area contributed by atoms with E-state index in [-0.39, 0.29) is 11.3 Å². The summed E-state index contributed by atoms with van der Waals surface area (Å²) in [6.45, 7) is 9.43. The molecule has 18 heavy (non-hydrogen) atoms. The first-order valence-electron chi connectivity index (χ1n) is 7.37. The Hall–Kier alpha value is -0.570. The molecular weight excluding hydrogens is 224 g/mol. The fourth-order valence-corrected chi connectivity index (χ4v) is 2.98. The first-order valence-corrected chi connectivity index (χ1v) is 7.37. The van der Waals surface area contributed by atoms with Crippen LogP contribution in [0.25, 0.3) is 0 Å². The summed E-state index contributed by atoms with van der Waals surface area (Å²) in [6, 6.07) is 0.903. The maximum absolute atomic E-state index is 12.1. The van der Waals surface area contributed by atoms with E-state index in [0.29, 0.717) is 5.92 Å². The number of carbonyl (C=O) groups is 1. The molecule has 1 heterocycles. The van der Waals surface area contributed by atoms with Gasteiger partial charge in [0.25, 0.3) is 0 Å². The molecule has 3 nitrogen and oxygen atoms in total. The molecule has 1 amide bonds. The normalized spacial score (nSPS) is 23.1. The molecule has 0 atom stereocenters. The van der Waals surface area contributed by atoms with Crippen molar-refractivity contribution < 1.29 is 4.79 Å². The van der Waals surface area contributed by atoms with Crippen LogP contribution < -0.4 is 0 Å². The third kappa shape index (κ3) is 3.47. The highest BCUT2D eigenvalue weighted by molar-refractivity contribution is 5.81. The van der Waals surface area contributed by atoms with Crippen LogP contribution in [-0.4, -0.2) is 48.4 Å². The van der Waals surface area contributed by atoms with Gasteiger partial charge in [0.1, 0.15) is 0 Å². The third-order valence-electron chi connectivity index (χ3n) is 4.23. The summed E-state index contributed by atoms with van der Waals surface area (Å²) in [5.74, 6) is 0.975. The van der Waals surface area contributed by atoms with E-state index in [1.54, 1.807) is 0 Å². The standard InChI is InChI=1S/C15H28N2O/c1-15(2,3)14(18)16(4)11-12-7-9-17(10-8-12)13-5-6-13/h12-13H,5-11H2,1-4H3. The van der Waals surface area contributed by atoms with E-state index in [2.05, 4.69) is 4.90 Å². The number of amides is 1. The smallest absolute Gasteiger partial charge is 0.227 e. The molecule has 1 aliphatic heterocycles. The van der Waals surface area contributed by atoms with Gasteiger partial charge in [-0.15, -0.1) is 0 Å². The fourth-order valence-electron chi connectivity index (χ4n) is 2.98. The second-order valence-corrected chi connectivity index (χ2v) is 7.15. The second-order valence-electron chi connectivity index (χ2n) is 7.15. The van der Waals surface area contributed by atoms with Gasteiger partial charge in [-0.05, 0) is 44.7 Å². The van der Waals surface area contributed by atoms with Gasteiger partial charge in [0, 0.05) is 25.0 Å². The molecule has 1 saturated heterocycles. The van der Waals surface area contributed by atoms with E-state index in [9.17, 15) is 4.79 Å². The largest absolute Gasteiger partial charge is 0.345 e. The van der Waals surface area contributed by atoms with Crippen LogP contribution >= 0.6 is 0 Å². The second kappa shape index (κ2) is 5.20. The molecule has 0 aromatic rings. The van der Waals surface area contributed by atoms with Crippen LogP contribution in [0.2, 0.25) is 0 Å². The Morgan fingerprint density at radius 3 is 2.17 bits per heavy atom. The molecule has 0 unspecified atom stereocenters. The number of likely N-dealkylation sites (tertiary alicyclic amines) is 1.